The van der Waals surface area contributed by atoms with E-state index in [1.54, 1.807) is 6.20 Å². The molecule has 0 aliphatic carbocycles. The minimum atomic E-state index is 0.521. The maximum absolute atomic E-state index is 5.63. The van der Waals surface area contributed by atoms with Gasteiger partial charge in [-0.25, -0.2) is 9.97 Å². The van der Waals surface area contributed by atoms with Crippen molar-refractivity contribution in [2.45, 2.75) is 39.8 Å². The average molecular weight is 302 g/mol. The van der Waals surface area contributed by atoms with Gasteiger partial charge in [-0.2, -0.15) is 0 Å². The number of halogens is 1. The Kier molecular flexibility index (Phi) is 5.85. The Morgan fingerprint density at radius 3 is 2.47 bits per heavy atom. The van der Waals surface area contributed by atoms with Crippen LogP contribution < -0.4 is 4.74 Å². The van der Waals surface area contributed by atoms with Gasteiger partial charge >= 0.3 is 0 Å². The van der Waals surface area contributed by atoms with Gasteiger partial charge in [0.1, 0.15) is 12.9 Å². The number of nitrogens with zero attached hydrogens (tertiary/aromatic N) is 3. The molecule has 0 aromatic carbocycles. The van der Waals surface area contributed by atoms with Crippen molar-refractivity contribution in [3.63, 3.8) is 0 Å². The Bertz CT molecular complexity index is 336. The summed E-state index contributed by atoms with van der Waals surface area (Å²) in [6.07, 6.45) is 3.17. The van der Waals surface area contributed by atoms with E-state index in [4.69, 9.17) is 4.74 Å². The highest BCUT2D eigenvalue weighted by molar-refractivity contribution is 9.10. The number of hydrogen-bond acceptors (Lipinski definition) is 4. The lowest BCUT2D eigenvalue weighted by Crippen LogP contribution is -2.39. The Morgan fingerprint density at radius 1 is 1.29 bits per heavy atom. The lowest BCUT2D eigenvalue weighted by atomic mass is 10.2. The van der Waals surface area contributed by atoms with Crippen LogP contribution in [0, 0.1) is 0 Å². The number of aromatic nitrogens is 2. The van der Waals surface area contributed by atoms with Gasteiger partial charge in [-0.15, -0.1) is 0 Å². The van der Waals surface area contributed by atoms with Gasteiger partial charge in [-0.1, -0.05) is 0 Å². The fourth-order valence-corrected chi connectivity index (χ4v) is 2.10. The zero-order valence-corrected chi connectivity index (χ0v) is 12.4. The second-order valence-corrected chi connectivity index (χ2v) is 5.30. The average Bonchev–Trinajstić information content (AvgIpc) is 2.25. The van der Waals surface area contributed by atoms with Crippen LogP contribution in [0.4, 0.5) is 0 Å². The summed E-state index contributed by atoms with van der Waals surface area (Å²) in [7, 11) is 0. The largest absolute Gasteiger partial charge is 0.475 e. The van der Waals surface area contributed by atoms with Crippen molar-refractivity contribution < 1.29 is 4.74 Å². The van der Waals surface area contributed by atoms with E-state index in [-0.39, 0.29) is 0 Å². The van der Waals surface area contributed by atoms with E-state index in [9.17, 15) is 0 Å². The normalized spacial score (nSPS) is 11.5. The Labute approximate surface area is 112 Å². The minimum absolute atomic E-state index is 0.521. The van der Waals surface area contributed by atoms with Crippen LogP contribution in [0.15, 0.2) is 17.0 Å². The van der Waals surface area contributed by atoms with Crippen LogP contribution in [-0.4, -0.2) is 40.1 Å². The highest BCUT2D eigenvalue weighted by Crippen LogP contribution is 2.19. The van der Waals surface area contributed by atoms with Gasteiger partial charge in [0.15, 0.2) is 0 Å². The summed E-state index contributed by atoms with van der Waals surface area (Å²) in [5, 5.41) is 0. The molecule has 0 saturated carbocycles. The maximum atomic E-state index is 5.63. The molecule has 1 heterocycles. The third kappa shape index (κ3) is 4.60. The number of hydrogen-bond donors (Lipinski definition) is 0. The third-order valence-corrected chi connectivity index (χ3v) is 3.09. The summed E-state index contributed by atoms with van der Waals surface area (Å²) < 4.78 is 6.42. The lowest BCUT2D eigenvalue weighted by Gasteiger charge is -2.30. The van der Waals surface area contributed by atoms with Gasteiger partial charge in [0.05, 0.1) is 4.47 Å². The zero-order chi connectivity index (χ0) is 12.8. The summed E-state index contributed by atoms with van der Waals surface area (Å²) in [6.45, 7) is 10.3. The molecular formula is C12H20BrN3O. The van der Waals surface area contributed by atoms with Crippen molar-refractivity contribution >= 4 is 15.9 Å². The Morgan fingerprint density at radius 2 is 1.94 bits per heavy atom. The van der Waals surface area contributed by atoms with Crippen molar-refractivity contribution in [1.29, 1.82) is 0 Å². The van der Waals surface area contributed by atoms with Crippen LogP contribution >= 0.6 is 15.9 Å². The minimum Gasteiger partial charge on any atom is -0.475 e. The van der Waals surface area contributed by atoms with E-state index in [0.29, 0.717) is 24.6 Å². The van der Waals surface area contributed by atoms with Crippen LogP contribution in [-0.2, 0) is 0 Å². The van der Waals surface area contributed by atoms with Crippen molar-refractivity contribution in [2.24, 2.45) is 0 Å². The van der Waals surface area contributed by atoms with E-state index in [1.807, 2.05) is 0 Å². The first kappa shape index (κ1) is 14.4. The molecular weight excluding hydrogens is 282 g/mol. The molecule has 0 radical (unpaired) electrons. The predicted molar refractivity (Wildman–Crippen MR) is 72.2 cm³/mol. The molecule has 0 aliphatic rings. The predicted octanol–water partition coefficient (Wildman–Crippen LogP) is 2.74. The fourth-order valence-electron chi connectivity index (χ4n) is 1.77. The standard InChI is InChI=1S/C12H20BrN3O/c1-9(2)16(10(3)4)5-6-17-12-11(13)7-14-8-15-12/h7-10H,5-6H2,1-4H3. The molecule has 0 bridgehead atoms. The molecule has 17 heavy (non-hydrogen) atoms. The molecule has 0 N–H and O–H groups in total. The van der Waals surface area contributed by atoms with E-state index in [0.717, 1.165) is 11.0 Å². The highest BCUT2D eigenvalue weighted by Gasteiger charge is 2.13. The Hall–Kier alpha value is -0.680. The van der Waals surface area contributed by atoms with Crippen molar-refractivity contribution in [2.75, 3.05) is 13.2 Å². The Balaban J connectivity index is 2.44. The third-order valence-electron chi connectivity index (χ3n) is 2.55. The van der Waals surface area contributed by atoms with E-state index >= 15 is 0 Å². The van der Waals surface area contributed by atoms with Crippen molar-refractivity contribution in [3.05, 3.63) is 17.0 Å². The second kappa shape index (κ2) is 6.91. The molecule has 5 heteroatoms. The smallest absolute Gasteiger partial charge is 0.231 e. The quantitative estimate of drug-likeness (QED) is 0.810. The van der Waals surface area contributed by atoms with Crippen molar-refractivity contribution in [3.8, 4) is 5.88 Å². The maximum Gasteiger partial charge on any atom is 0.231 e. The highest BCUT2D eigenvalue weighted by atomic mass is 79.9. The summed E-state index contributed by atoms with van der Waals surface area (Å²) >= 11 is 3.36. The molecule has 1 aromatic heterocycles. The van der Waals surface area contributed by atoms with E-state index < -0.39 is 0 Å². The van der Waals surface area contributed by atoms with Crippen molar-refractivity contribution in [1.82, 2.24) is 14.9 Å². The molecule has 4 nitrogen and oxygen atoms in total. The molecule has 0 unspecified atom stereocenters. The van der Waals surface area contributed by atoms with Crippen LogP contribution in [0.3, 0.4) is 0 Å². The number of rotatable bonds is 6. The van der Waals surface area contributed by atoms with Gasteiger partial charge in [0, 0.05) is 24.8 Å². The molecule has 96 valence electrons. The first-order valence-electron chi connectivity index (χ1n) is 5.86. The monoisotopic (exact) mass is 301 g/mol. The zero-order valence-electron chi connectivity index (χ0n) is 10.9. The van der Waals surface area contributed by atoms with Gasteiger partial charge in [0.25, 0.3) is 0 Å². The molecule has 0 amide bonds. The van der Waals surface area contributed by atoms with Gasteiger partial charge in [0.2, 0.25) is 5.88 Å². The van der Waals surface area contributed by atoms with Crippen LogP contribution in [0.25, 0.3) is 0 Å². The summed E-state index contributed by atoms with van der Waals surface area (Å²) in [5.41, 5.74) is 0. The van der Waals surface area contributed by atoms with Crippen LogP contribution in [0.2, 0.25) is 0 Å². The van der Waals surface area contributed by atoms with Crippen LogP contribution in [0.5, 0.6) is 5.88 Å². The topological polar surface area (TPSA) is 38.2 Å². The second-order valence-electron chi connectivity index (χ2n) is 4.45. The first-order chi connectivity index (χ1) is 8.02. The molecule has 1 aromatic rings. The molecule has 1 rings (SSSR count). The summed E-state index contributed by atoms with van der Waals surface area (Å²) in [6, 6.07) is 1.04. The van der Waals surface area contributed by atoms with E-state index in [1.165, 1.54) is 6.33 Å². The van der Waals surface area contributed by atoms with Gasteiger partial charge in [-0.05, 0) is 43.6 Å². The molecule has 0 aliphatic heterocycles. The van der Waals surface area contributed by atoms with Gasteiger partial charge in [-0.3, -0.25) is 4.90 Å². The number of ether oxygens (including phenoxy) is 1. The molecule has 0 atom stereocenters. The molecule has 0 saturated heterocycles. The first-order valence-corrected chi connectivity index (χ1v) is 6.65. The fraction of sp³-hybridized carbons (Fsp3) is 0.667. The molecule has 0 fully saturated rings. The molecule has 0 spiro atoms. The SMILES string of the molecule is CC(C)N(CCOc1ncncc1Br)C(C)C. The lowest BCUT2D eigenvalue weighted by molar-refractivity contribution is 0.139. The summed E-state index contributed by atoms with van der Waals surface area (Å²) in [5.74, 6) is 0.604. The van der Waals surface area contributed by atoms with E-state index in [2.05, 4.69) is 58.5 Å². The van der Waals surface area contributed by atoms with Crippen LogP contribution in [0.1, 0.15) is 27.7 Å². The van der Waals surface area contributed by atoms with Gasteiger partial charge < -0.3 is 4.74 Å². The summed E-state index contributed by atoms with van der Waals surface area (Å²) in [4.78, 5) is 10.3.